The average Bonchev–Trinajstić information content (AvgIpc) is 2.31. The number of hydrogen-bond donors (Lipinski definition) is 0. The number of halogens is 7. The van der Waals surface area contributed by atoms with E-state index in [0.29, 0.717) is 18.1 Å². The van der Waals surface area contributed by atoms with Crippen LogP contribution in [-0.4, -0.2) is 29.0 Å². The first kappa shape index (κ1) is 18.4. The predicted molar refractivity (Wildman–Crippen MR) is 68.6 cm³/mol. The normalized spacial score (nSPS) is 25.7. The highest BCUT2D eigenvalue weighted by Gasteiger charge is 2.74. The predicted octanol–water partition coefficient (Wildman–Crippen LogP) is 5.42. The zero-order chi connectivity index (χ0) is 16.9. The van der Waals surface area contributed by atoms with Crippen LogP contribution in [0, 0.1) is 5.92 Å². The molecule has 0 aromatic carbocycles. The summed E-state index contributed by atoms with van der Waals surface area (Å²) in [5.74, 6) is 0.588. The molecule has 0 saturated carbocycles. The second-order valence-corrected chi connectivity index (χ2v) is 6.27. The van der Waals surface area contributed by atoms with E-state index in [0.717, 1.165) is 11.8 Å². The Labute approximate surface area is 122 Å². The lowest BCUT2D eigenvalue weighted by Gasteiger charge is -2.39. The fraction of sp³-hybridized carbons (Fsp3) is 0.615. The molecule has 0 aromatic rings. The van der Waals surface area contributed by atoms with Crippen molar-refractivity contribution in [1.29, 1.82) is 0 Å². The number of thioether (sulfide) groups is 1. The molecule has 1 atom stereocenters. The Bertz CT molecular complexity index is 458. The van der Waals surface area contributed by atoms with E-state index >= 15 is 0 Å². The fourth-order valence-electron chi connectivity index (χ4n) is 2.08. The lowest BCUT2D eigenvalue weighted by molar-refractivity contribution is -0.325. The summed E-state index contributed by atoms with van der Waals surface area (Å²) in [5, 5.41) is 0. The first-order valence-corrected chi connectivity index (χ1v) is 7.06. The summed E-state index contributed by atoms with van der Waals surface area (Å²) in [4.78, 5) is 0. The van der Waals surface area contributed by atoms with Crippen LogP contribution in [0.25, 0.3) is 0 Å². The van der Waals surface area contributed by atoms with E-state index in [9.17, 15) is 30.7 Å². The van der Waals surface area contributed by atoms with Gasteiger partial charge in [-0.3, -0.25) is 0 Å². The third-order valence-electron chi connectivity index (χ3n) is 3.74. The van der Waals surface area contributed by atoms with Crippen LogP contribution in [0.5, 0.6) is 0 Å². The molecule has 0 saturated heterocycles. The third-order valence-corrected chi connectivity index (χ3v) is 5.01. The summed E-state index contributed by atoms with van der Waals surface area (Å²) >= 11 is 1.05. The molecule has 0 nitrogen and oxygen atoms in total. The number of allylic oxidation sites excluding steroid dienone is 3. The molecular weight excluding hydrogens is 321 g/mol. The maximum absolute atomic E-state index is 14.1. The molecule has 0 N–H and O–H groups in total. The standard InChI is InChI=1S/C13H14F7S/c1-7-5-9(6-10(3,21-4)8(7)2)11(14,12(15,16)17)13(18,19)20/h5-6H,1-4H3. The quantitative estimate of drug-likeness (QED) is 0.607. The number of rotatable bonds is 2. The van der Waals surface area contributed by atoms with Gasteiger partial charge >= 0.3 is 18.0 Å². The van der Waals surface area contributed by atoms with Crippen molar-refractivity contribution >= 4 is 11.8 Å². The number of hydrogen-bond acceptors (Lipinski definition) is 1. The van der Waals surface area contributed by atoms with Crippen molar-refractivity contribution in [1.82, 2.24) is 0 Å². The van der Waals surface area contributed by atoms with Gasteiger partial charge in [0, 0.05) is 16.2 Å². The monoisotopic (exact) mass is 335 g/mol. The van der Waals surface area contributed by atoms with Crippen LogP contribution in [0.4, 0.5) is 30.7 Å². The largest absolute Gasteiger partial charge is 0.435 e. The van der Waals surface area contributed by atoms with Crippen LogP contribution in [0.15, 0.2) is 23.3 Å². The van der Waals surface area contributed by atoms with Crippen LogP contribution in [0.1, 0.15) is 20.8 Å². The SMILES string of the molecule is CSC1(C)C=C(C(F)(C(F)(F)F)C(F)(F)F)C=C(C)[C]1C. The third kappa shape index (κ3) is 2.83. The van der Waals surface area contributed by atoms with Crippen LogP contribution in [-0.2, 0) is 0 Å². The molecular formula is C13H14F7S. The van der Waals surface area contributed by atoms with E-state index in [4.69, 9.17) is 0 Å². The lowest BCUT2D eigenvalue weighted by Crippen LogP contribution is -2.55. The minimum absolute atomic E-state index is 0.194. The van der Waals surface area contributed by atoms with E-state index in [-0.39, 0.29) is 5.57 Å². The van der Waals surface area contributed by atoms with Gasteiger partial charge in [-0.05, 0) is 20.1 Å². The molecule has 0 amide bonds. The van der Waals surface area contributed by atoms with Gasteiger partial charge in [-0.25, -0.2) is 4.39 Å². The van der Waals surface area contributed by atoms with Crippen LogP contribution < -0.4 is 0 Å². The molecule has 0 aliphatic heterocycles. The van der Waals surface area contributed by atoms with Gasteiger partial charge in [0.25, 0.3) is 0 Å². The molecule has 1 radical (unpaired) electrons. The maximum atomic E-state index is 14.1. The Morgan fingerprint density at radius 2 is 1.38 bits per heavy atom. The van der Waals surface area contributed by atoms with E-state index in [1.165, 1.54) is 20.1 Å². The van der Waals surface area contributed by atoms with Gasteiger partial charge in [-0.2, -0.15) is 38.1 Å². The minimum atomic E-state index is -6.08. The van der Waals surface area contributed by atoms with Gasteiger partial charge in [-0.1, -0.05) is 24.6 Å². The van der Waals surface area contributed by atoms with Crippen LogP contribution in [0.3, 0.4) is 0 Å². The summed E-state index contributed by atoms with van der Waals surface area (Å²) in [6.45, 7) is 4.41. The van der Waals surface area contributed by atoms with Gasteiger partial charge in [-0.15, -0.1) is 0 Å². The highest BCUT2D eigenvalue weighted by atomic mass is 32.2. The number of alkyl halides is 7. The van der Waals surface area contributed by atoms with Gasteiger partial charge in [0.05, 0.1) is 0 Å². The van der Waals surface area contributed by atoms with Crippen molar-refractivity contribution in [2.24, 2.45) is 0 Å². The van der Waals surface area contributed by atoms with E-state index in [2.05, 4.69) is 0 Å². The van der Waals surface area contributed by atoms with Crippen molar-refractivity contribution in [3.05, 3.63) is 29.2 Å². The van der Waals surface area contributed by atoms with Crippen molar-refractivity contribution < 1.29 is 30.7 Å². The highest BCUT2D eigenvalue weighted by Crippen LogP contribution is 2.54. The fourth-order valence-corrected chi connectivity index (χ4v) is 2.79. The summed E-state index contributed by atoms with van der Waals surface area (Å²) in [6.07, 6.45) is -9.30. The maximum Gasteiger partial charge on any atom is 0.435 e. The Kier molecular flexibility index (Phi) is 4.56. The van der Waals surface area contributed by atoms with Crippen molar-refractivity contribution in [2.45, 2.75) is 43.5 Å². The van der Waals surface area contributed by atoms with Crippen LogP contribution in [0.2, 0.25) is 0 Å². The van der Waals surface area contributed by atoms with Gasteiger partial charge in [0.1, 0.15) is 0 Å². The Morgan fingerprint density at radius 3 is 1.71 bits per heavy atom. The molecule has 1 rings (SSSR count). The second-order valence-electron chi connectivity index (χ2n) is 5.02. The van der Waals surface area contributed by atoms with Crippen molar-refractivity contribution in [2.75, 3.05) is 6.26 Å². The molecule has 21 heavy (non-hydrogen) atoms. The molecule has 1 unspecified atom stereocenters. The second kappa shape index (κ2) is 5.21. The lowest BCUT2D eigenvalue weighted by atomic mass is 9.77. The van der Waals surface area contributed by atoms with E-state index < -0.39 is 28.3 Å². The zero-order valence-corrected chi connectivity index (χ0v) is 12.5. The van der Waals surface area contributed by atoms with Crippen molar-refractivity contribution in [3.63, 3.8) is 0 Å². The highest BCUT2D eigenvalue weighted by molar-refractivity contribution is 8.00. The molecule has 0 bridgehead atoms. The first-order valence-electron chi connectivity index (χ1n) is 5.84. The molecule has 8 heteroatoms. The van der Waals surface area contributed by atoms with Crippen LogP contribution >= 0.6 is 11.8 Å². The van der Waals surface area contributed by atoms with E-state index in [1.807, 2.05) is 0 Å². The molecule has 1 aliphatic carbocycles. The Balaban J connectivity index is 3.58. The topological polar surface area (TPSA) is 0 Å². The van der Waals surface area contributed by atoms with Gasteiger partial charge in [0.2, 0.25) is 0 Å². The summed E-state index contributed by atoms with van der Waals surface area (Å²) in [5.41, 5.74) is -6.60. The average molecular weight is 335 g/mol. The summed E-state index contributed by atoms with van der Waals surface area (Å²) < 4.78 is 89.7. The molecule has 1 aliphatic rings. The molecule has 0 fully saturated rings. The Hall–Kier alpha value is -0.660. The molecule has 0 aromatic heterocycles. The van der Waals surface area contributed by atoms with E-state index in [1.54, 1.807) is 6.92 Å². The molecule has 0 heterocycles. The molecule has 121 valence electrons. The van der Waals surface area contributed by atoms with Gasteiger partial charge < -0.3 is 0 Å². The smallest absolute Gasteiger partial charge is 0.218 e. The minimum Gasteiger partial charge on any atom is -0.218 e. The molecule has 0 spiro atoms. The zero-order valence-electron chi connectivity index (χ0n) is 11.7. The summed E-state index contributed by atoms with van der Waals surface area (Å²) in [6, 6.07) is 0. The van der Waals surface area contributed by atoms with Gasteiger partial charge in [0.15, 0.2) is 0 Å². The summed E-state index contributed by atoms with van der Waals surface area (Å²) in [7, 11) is 0. The van der Waals surface area contributed by atoms with Crippen molar-refractivity contribution in [3.8, 4) is 0 Å². The Morgan fingerprint density at radius 1 is 0.952 bits per heavy atom. The first-order chi connectivity index (χ1) is 9.20.